The van der Waals surface area contributed by atoms with Crippen LogP contribution in [-0.4, -0.2) is 29.9 Å². The standard InChI is InChI=1S/C24H21F2N3O2/c25-20-10-2-1-7-18(20)16-28-13-6-14-29(24(28)31)19-9-5-8-17(15-19)23(30)27-22-12-4-3-11-21(22)26/h1-5,7-12,15H,6,13-14,16H2,(H,27,30). The molecular weight excluding hydrogens is 400 g/mol. The Labute approximate surface area is 178 Å². The molecule has 1 fully saturated rings. The average molecular weight is 421 g/mol. The Morgan fingerprint density at radius 1 is 0.903 bits per heavy atom. The van der Waals surface area contributed by atoms with Crippen LogP contribution >= 0.6 is 0 Å². The minimum absolute atomic E-state index is 0.0861. The summed E-state index contributed by atoms with van der Waals surface area (Å²) in [4.78, 5) is 28.8. The molecule has 1 aliphatic rings. The Bertz CT molecular complexity index is 1120. The van der Waals surface area contributed by atoms with Gasteiger partial charge in [0.1, 0.15) is 11.6 Å². The van der Waals surface area contributed by atoms with Gasteiger partial charge in [0.25, 0.3) is 5.91 Å². The Morgan fingerprint density at radius 2 is 1.65 bits per heavy atom. The molecule has 3 amide bonds. The van der Waals surface area contributed by atoms with Gasteiger partial charge in [0.15, 0.2) is 0 Å². The number of benzene rings is 3. The molecule has 31 heavy (non-hydrogen) atoms. The summed E-state index contributed by atoms with van der Waals surface area (Å²) in [5, 5.41) is 2.55. The summed E-state index contributed by atoms with van der Waals surface area (Å²) in [6.45, 7) is 1.19. The topological polar surface area (TPSA) is 52.7 Å². The van der Waals surface area contributed by atoms with Crippen LogP contribution in [0.4, 0.5) is 25.0 Å². The lowest BCUT2D eigenvalue weighted by molar-refractivity contribution is 0.102. The number of nitrogens with zero attached hydrogens (tertiary/aromatic N) is 2. The summed E-state index contributed by atoms with van der Waals surface area (Å²) >= 11 is 0. The Morgan fingerprint density at radius 3 is 2.42 bits per heavy atom. The summed E-state index contributed by atoms with van der Waals surface area (Å²) in [6, 6.07) is 18.7. The number of hydrogen-bond acceptors (Lipinski definition) is 2. The van der Waals surface area contributed by atoms with Crippen molar-refractivity contribution in [3.8, 4) is 0 Å². The van der Waals surface area contributed by atoms with Crippen molar-refractivity contribution in [2.45, 2.75) is 13.0 Å². The van der Waals surface area contributed by atoms with E-state index in [-0.39, 0.29) is 24.1 Å². The van der Waals surface area contributed by atoms with E-state index in [1.165, 1.54) is 18.2 Å². The van der Waals surface area contributed by atoms with E-state index in [1.54, 1.807) is 64.4 Å². The summed E-state index contributed by atoms with van der Waals surface area (Å²) in [6.07, 6.45) is 0.714. The van der Waals surface area contributed by atoms with Gasteiger partial charge in [0, 0.05) is 29.9 Å². The first-order valence-corrected chi connectivity index (χ1v) is 9.99. The smallest absolute Gasteiger partial charge is 0.320 e. The van der Waals surface area contributed by atoms with Gasteiger partial charge in [-0.3, -0.25) is 9.69 Å². The van der Waals surface area contributed by atoms with E-state index < -0.39 is 11.7 Å². The maximum absolute atomic E-state index is 14.0. The molecule has 0 atom stereocenters. The van der Waals surface area contributed by atoms with Crippen LogP contribution in [0.1, 0.15) is 22.3 Å². The lowest BCUT2D eigenvalue weighted by atomic mass is 10.1. The third-order valence-corrected chi connectivity index (χ3v) is 5.17. The van der Waals surface area contributed by atoms with Crippen LogP contribution in [0.25, 0.3) is 0 Å². The first kappa shape index (κ1) is 20.5. The zero-order chi connectivity index (χ0) is 21.8. The highest BCUT2D eigenvalue weighted by molar-refractivity contribution is 6.05. The van der Waals surface area contributed by atoms with Gasteiger partial charge < -0.3 is 10.2 Å². The van der Waals surface area contributed by atoms with Crippen LogP contribution in [-0.2, 0) is 6.54 Å². The second-order valence-corrected chi connectivity index (χ2v) is 7.29. The zero-order valence-corrected chi connectivity index (χ0v) is 16.7. The molecule has 0 radical (unpaired) electrons. The molecule has 7 heteroatoms. The van der Waals surface area contributed by atoms with Crippen molar-refractivity contribution < 1.29 is 18.4 Å². The van der Waals surface area contributed by atoms with Gasteiger partial charge in [-0.1, -0.05) is 36.4 Å². The number of urea groups is 1. The van der Waals surface area contributed by atoms with E-state index in [9.17, 15) is 18.4 Å². The van der Waals surface area contributed by atoms with Gasteiger partial charge in [0.05, 0.1) is 12.2 Å². The minimum Gasteiger partial charge on any atom is -0.320 e. The fourth-order valence-corrected chi connectivity index (χ4v) is 3.57. The number of nitrogens with one attached hydrogen (secondary N) is 1. The van der Waals surface area contributed by atoms with Gasteiger partial charge in [-0.25, -0.2) is 13.6 Å². The van der Waals surface area contributed by atoms with Gasteiger partial charge in [-0.05, 0) is 42.8 Å². The predicted octanol–water partition coefficient (Wildman–Crippen LogP) is 5.05. The number of anilines is 2. The molecule has 0 aliphatic carbocycles. The molecule has 0 unspecified atom stereocenters. The summed E-state index contributed by atoms with van der Waals surface area (Å²) in [5.41, 5.74) is 1.41. The lowest BCUT2D eigenvalue weighted by Crippen LogP contribution is -2.49. The Hall–Kier alpha value is -3.74. The molecule has 5 nitrogen and oxygen atoms in total. The van der Waals surface area contributed by atoms with Crippen molar-refractivity contribution in [1.29, 1.82) is 0 Å². The van der Waals surface area contributed by atoms with Gasteiger partial charge in [-0.15, -0.1) is 0 Å². The van der Waals surface area contributed by atoms with E-state index in [0.29, 0.717) is 36.3 Å². The normalized spacial score (nSPS) is 13.9. The molecule has 1 aliphatic heterocycles. The van der Waals surface area contributed by atoms with Gasteiger partial charge in [0.2, 0.25) is 0 Å². The fourth-order valence-electron chi connectivity index (χ4n) is 3.57. The minimum atomic E-state index is -0.526. The van der Waals surface area contributed by atoms with Crippen molar-refractivity contribution >= 4 is 23.3 Å². The first-order valence-electron chi connectivity index (χ1n) is 9.99. The van der Waals surface area contributed by atoms with Crippen molar-refractivity contribution in [2.24, 2.45) is 0 Å². The van der Waals surface area contributed by atoms with Gasteiger partial charge in [-0.2, -0.15) is 0 Å². The van der Waals surface area contributed by atoms with Crippen LogP contribution in [0.15, 0.2) is 72.8 Å². The third kappa shape index (κ3) is 4.55. The average Bonchev–Trinajstić information content (AvgIpc) is 2.78. The molecule has 0 saturated carbocycles. The highest BCUT2D eigenvalue weighted by Crippen LogP contribution is 2.24. The summed E-state index contributed by atoms with van der Waals surface area (Å²) < 4.78 is 27.9. The second-order valence-electron chi connectivity index (χ2n) is 7.29. The van der Waals surface area contributed by atoms with Crippen molar-refractivity contribution in [3.05, 3.63) is 95.6 Å². The van der Waals surface area contributed by atoms with Crippen LogP contribution < -0.4 is 10.2 Å². The molecule has 1 N–H and O–H groups in total. The third-order valence-electron chi connectivity index (χ3n) is 5.17. The number of carbonyl (C=O) groups is 2. The number of halogens is 2. The maximum Gasteiger partial charge on any atom is 0.324 e. The second kappa shape index (κ2) is 8.95. The molecule has 1 saturated heterocycles. The van der Waals surface area contributed by atoms with Crippen LogP contribution in [0.2, 0.25) is 0 Å². The highest BCUT2D eigenvalue weighted by Gasteiger charge is 2.27. The quantitative estimate of drug-likeness (QED) is 0.627. The first-order chi connectivity index (χ1) is 15.0. The molecule has 158 valence electrons. The van der Waals surface area contributed by atoms with Gasteiger partial charge >= 0.3 is 6.03 Å². The molecule has 0 spiro atoms. The largest absolute Gasteiger partial charge is 0.324 e. The molecular formula is C24H21F2N3O2. The van der Waals surface area contributed by atoms with Crippen molar-refractivity contribution in [2.75, 3.05) is 23.3 Å². The Balaban J connectivity index is 1.51. The molecule has 0 bridgehead atoms. The fraction of sp³-hybridized carbons (Fsp3) is 0.167. The molecule has 4 rings (SSSR count). The highest BCUT2D eigenvalue weighted by atomic mass is 19.1. The van der Waals surface area contributed by atoms with E-state index >= 15 is 0 Å². The SMILES string of the molecule is O=C(Nc1ccccc1F)c1cccc(N2CCCN(Cc3ccccc3F)C2=O)c1. The number of amides is 3. The molecule has 3 aromatic rings. The van der Waals surface area contributed by atoms with Crippen molar-refractivity contribution in [1.82, 2.24) is 4.90 Å². The van der Waals surface area contributed by atoms with Crippen molar-refractivity contribution in [3.63, 3.8) is 0 Å². The van der Waals surface area contributed by atoms with E-state index in [2.05, 4.69) is 5.32 Å². The van der Waals surface area contributed by atoms with Crippen LogP contribution in [0.5, 0.6) is 0 Å². The monoisotopic (exact) mass is 421 g/mol. The Kier molecular flexibility index (Phi) is 5.93. The number of para-hydroxylation sites is 1. The van der Waals surface area contributed by atoms with E-state index in [4.69, 9.17) is 0 Å². The maximum atomic E-state index is 14.0. The molecule has 1 heterocycles. The number of carbonyl (C=O) groups excluding carboxylic acids is 2. The molecule has 0 aromatic heterocycles. The number of rotatable bonds is 5. The van der Waals surface area contributed by atoms with Crippen LogP contribution in [0, 0.1) is 11.6 Å². The lowest BCUT2D eigenvalue weighted by Gasteiger charge is -2.36. The van der Waals surface area contributed by atoms with Crippen LogP contribution in [0.3, 0.4) is 0 Å². The van der Waals surface area contributed by atoms with E-state index in [0.717, 1.165) is 0 Å². The number of hydrogen-bond donors (Lipinski definition) is 1. The zero-order valence-electron chi connectivity index (χ0n) is 16.7. The predicted molar refractivity (Wildman–Crippen MR) is 115 cm³/mol. The summed E-state index contributed by atoms with van der Waals surface area (Å²) in [7, 11) is 0. The summed E-state index contributed by atoms with van der Waals surface area (Å²) in [5.74, 6) is -1.35. The van der Waals surface area contributed by atoms with E-state index in [1.807, 2.05) is 0 Å². The molecule has 3 aromatic carbocycles.